The molecule has 0 bridgehead atoms. The van der Waals surface area contributed by atoms with Gasteiger partial charge in [0.25, 0.3) is 0 Å². The fraction of sp³-hybridized carbons (Fsp3) is 0.467. The van der Waals surface area contributed by atoms with E-state index in [2.05, 4.69) is 4.72 Å². The Morgan fingerprint density at radius 2 is 1.95 bits per heavy atom. The first-order chi connectivity index (χ1) is 9.27. The highest BCUT2D eigenvalue weighted by molar-refractivity contribution is 7.92. The van der Waals surface area contributed by atoms with E-state index in [4.69, 9.17) is 0 Å². The van der Waals surface area contributed by atoms with E-state index in [1.54, 1.807) is 6.92 Å². The number of aliphatic hydroxyl groups is 1. The Morgan fingerprint density at radius 1 is 1.35 bits per heavy atom. The van der Waals surface area contributed by atoms with Gasteiger partial charge in [-0.2, -0.15) is 0 Å². The van der Waals surface area contributed by atoms with E-state index in [0.29, 0.717) is 0 Å². The van der Waals surface area contributed by atoms with Crippen LogP contribution in [0.3, 0.4) is 0 Å². The van der Waals surface area contributed by atoms with Crippen molar-refractivity contribution < 1.29 is 13.5 Å². The van der Waals surface area contributed by atoms with Crippen LogP contribution in [-0.2, 0) is 10.0 Å². The van der Waals surface area contributed by atoms with Crippen LogP contribution in [0.1, 0.15) is 32.8 Å². The van der Waals surface area contributed by atoms with E-state index >= 15 is 0 Å². The van der Waals surface area contributed by atoms with E-state index in [-0.39, 0.29) is 12.5 Å². The molecule has 0 aliphatic carbocycles. The summed E-state index contributed by atoms with van der Waals surface area (Å²) in [6, 6.07) is 9.19. The lowest BCUT2D eigenvalue weighted by atomic mass is 9.89. The van der Waals surface area contributed by atoms with Gasteiger partial charge in [-0.3, -0.25) is 0 Å². The molecule has 0 aliphatic rings. The van der Waals surface area contributed by atoms with Gasteiger partial charge in [0.2, 0.25) is 10.0 Å². The number of hydrogen-bond acceptors (Lipinski definition) is 3. The second kappa shape index (κ2) is 7.02. The Bertz CT molecular complexity index is 535. The Kier molecular flexibility index (Phi) is 5.92. The SMILES string of the molecule is CCC(C)C(C)(O)CNS(=O)(=O)/C=C/c1ccccc1. The maximum absolute atomic E-state index is 11.9. The first kappa shape index (κ1) is 16.9. The minimum atomic E-state index is -3.55. The number of nitrogens with one attached hydrogen (secondary N) is 1. The molecule has 5 heteroatoms. The fourth-order valence-electron chi connectivity index (χ4n) is 1.64. The molecular formula is C15H23NO3S. The fourth-order valence-corrected chi connectivity index (χ4v) is 2.57. The summed E-state index contributed by atoms with van der Waals surface area (Å²) >= 11 is 0. The third-order valence-corrected chi connectivity index (χ3v) is 4.59. The van der Waals surface area contributed by atoms with Gasteiger partial charge in [-0.25, -0.2) is 13.1 Å². The van der Waals surface area contributed by atoms with Gasteiger partial charge in [0, 0.05) is 12.0 Å². The molecule has 1 aromatic carbocycles. The molecule has 0 fully saturated rings. The minimum Gasteiger partial charge on any atom is -0.389 e. The molecule has 0 heterocycles. The zero-order valence-electron chi connectivity index (χ0n) is 12.2. The Morgan fingerprint density at radius 3 is 2.50 bits per heavy atom. The van der Waals surface area contributed by atoms with Crippen molar-refractivity contribution in [3.63, 3.8) is 0 Å². The van der Waals surface area contributed by atoms with E-state index in [1.807, 2.05) is 44.2 Å². The molecule has 20 heavy (non-hydrogen) atoms. The van der Waals surface area contributed by atoms with E-state index in [9.17, 15) is 13.5 Å². The third-order valence-electron chi connectivity index (χ3n) is 3.54. The largest absolute Gasteiger partial charge is 0.389 e. The molecule has 4 nitrogen and oxygen atoms in total. The molecule has 1 rings (SSSR count). The van der Waals surface area contributed by atoms with Gasteiger partial charge in [-0.1, -0.05) is 50.6 Å². The van der Waals surface area contributed by atoms with E-state index < -0.39 is 15.6 Å². The molecule has 0 aromatic heterocycles. The van der Waals surface area contributed by atoms with Crippen molar-refractivity contribution in [2.45, 2.75) is 32.8 Å². The molecule has 0 saturated heterocycles. The van der Waals surface area contributed by atoms with Crippen LogP contribution in [0.25, 0.3) is 6.08 Å². The third kappa shape index (κ3) is 5.45. The molecule has 2 unspecified atom stereocenters. The lowest BCUT2D eigenvalue weighted by molar-refractivity contribution is 0.0103. The zero-order chi connectivity index (χ0) is 15.2. The van der Waals surface area contributed by atoms with Crippen molar-refractivity contribution in [1.29, 1.82) is 0 Å². The molecule has 1 aromatic rings. The predicted molar refractivity (Wildman–Crippen MR) is 82.5 cm³/mol. The Hall–Kier alpha value is -1.17. The highest BCUT2D eigenvalue weighted by Crippen LogP contribution is 2.19. The summed E-state index contributed by atoms with van der Waals surface area (Å²) in [5.74, 6) is 0.0169. The van der Waals surface area contributed by atoms with Crippen LogP contribution in [0.15, 0.2) is 35.7 Å². The lowest BCUT2D eigenvalue weighted by Gasteiger charge is -2.29. The Balaban J connectivity index is 2.65. The minimum absolute atomic E-state index is 0.00344. The van der Waals surface area contributed by atoms with Gasteiger partial charge in [0.05, 0.1) is 5.60 Å². The van der Waals surface area contributed by atoms with Crippen LogP contribution in [0.4, 0.5) is 0 Å². The maximum Gasteiger partial charge on any atom is 0.233 e. The van der Waals surface area contributed by atoms with E-state index in [1.165, 1.54) is 6.08 Å². The van der Waals surface area contributed by atoms with Crippen molar-refractivity contribution in [1.82, 2.24) is 4.72 Å². The predicted octanol–water partition coefficient (Wildman–Crippen LogP) is 2.37. The molecule has 0 spiro atoms. The second-order valence-corrected chi connectivity index (χ2v) is 6.90. The normalized spacial score (nSPS) is 17.0. The highest BCUT2D eigenvalue weighted by Gasteiger charge is 2.28. The van der Waals surface area contributed by atoms with Crippen LogP contribution in [0.5, 0.6) is 0 Å². The van der Waals surface area contributed by atoms with Crippen LogP contribution in [0.2, 0.25) is 0 Å². The summed E-state index contributed by atoms with van der Waals surface area (Å²) in [7, 11) is -3.55. The number of sulfonamides is 1. The average molecular weight is 297 g/mol. The molecule has 2 atom stereocenters. The molecule has 0 radical (unpaired) electrons. The van der Waals surface area contributed by atoms with Gasteiger partial charge >= 0.3 is 0 Å². The molecule has 0 amide bonds. The molecule has 112 valence electrons. The topological polar surface area (TPSA) is 66.4 Å². The monoisotopic (exact) mass is 297 g/mol. The van der Waals surface area contributed by atoms with Gasteiger partial charge < -0.3 is 5.11 Å². The van der Waals surface area contributed by atoms with Crippen LogP contribution in [-0.4, -0.2) is 25.7 Å². The zero-order valence-corrected chi connectivity index (χ0v) is 13.0. The number of rotatable bonds is 7. The molecular weight excluding hydrogens is 274 g/mol. The van der Waals surface area contributed by atoms with Crippen LogP contribution in [0, 0.1) is 5.92 Å². The first-order valence-electron chi connectivity index (χ1n) is 6.72. The quantitative estimate of drug-likeness (QED) is 0.812. The second-order valence-electron chi connectivity index (χ2n) is 5.25. The number of benzene rings is 1. The standard InChI is InChI=1S/C15H23NO3S/c1-4-13(2)15(3,17)12-16-20(18,19)11-10-14-8-6-5-7-9-14/h5-11,13,16-17H,4,12H2,1-3H3/b11-10+. The van der Waals surface area contributed by atoms with Gasteiger partial charge in [-0.05, 0) is 24.5 Å². The van der Waals surface area contributed by atoms with Crippen molar-refractivity contribution >= 4 is 16.1 Å². The van der Waals surface area contributed by atoms with Gasteiger partial charge in [0.15, 0.2) is 0 Å². The summed E-state index contributed by atoms with van der Waals surface area (Å²) < 4.78 is 26.1. The van der Waals surface area contributed by atoms with Crippen molar-refractivity contribution in [2.75, 3.05) is 6.54 Å². The molecule has 2 N–H and O–H groups in total. The molecule has 0 saturated carbocycles. The summed E-state index contributed by atoms with van der Waals surface area (Å²) in [5, 5.41) is 11.3. The van der Waals surface area contributed by atoms with Gasteiger partial charge in [-0.15, -0.1) is 0 Å². The smallest absolute Gasteiger partial charge is 0.233 e. The highest BCUT2D eigenvalue weighted by atomic mass is 32.2. The summed E-state index contributed by atoms with van der Waals surface area (Å²) in [5.41, 5.74) is -0.242. The first-order valence-corrected chi connectivity index (χ1v) is 8.26. The van der Waals surface area contributed by atoms with E-state index in [0.717, 1.165) is 17.4 Å². The van der Waals surface area contributed by atoms with Crippen LogP contribution >= 0.6 is 0 Å². The van der Waals surface area contributed by atoms with Crippen molar-refractivity contribution in [2.24, 2.45) is 5.92 Å². The Labute approximate surface area is 121 Å². The van der Waals surface area contributed by atoms with Crippen molar-refractivity contribution in [3.8, 4) is 0 Å². The van der Waals surface area contributed by atoms with Crippen LogP contribution < -0.4 is 4.72 Å². The number of hydrogen-bond donors (Lipinski definition) is 2. The molecule has 0 aliphatic heterocycles. The summed E-state index contributed by atoms with van der Waals surface area (Å²) in [6.45, 7) is 5.51. The van der Waals surface area contributed by atoms with Gasteiger partial charge in [0.1, 0.15) is 0 Å². The summed E-state index contributed by atoms with van der Waals surface area (Å²) in [4.78, 5) is 0. The maximum atomic E-state index is 11.9. The average Bonchev–Trinajstić information content (AvgIpc) is 2.43. The summed E-state index contributed by atoms with van der Waals surface area (Å²) in [6.07, 6.45) is 2.31. The van der Waals surface area contributed by atoms with Crippen molar-refractivity contribution in [3.05, 3.63) is 41.3 Å². The lowest BCUT2D eigenvalue weighted by Crippen LogP contribution is -2.44.